The summed E-state index contributed by atoms with van der Waals surface area (Å²) in [6.07, 6.45) is 0.389. The van der Waals surface area contributed by atoms with Crippen molar-refractivity contribution in [3.05, 3.63) is 41.5 Å². The highest BCUT2D eigenvalue weighted by Gasteiger charge is 2.05. The van der Waals surface area contributed by atoms with Gasteiger partial charge in [0.1, 0.15) is 11.6 Å². The zero-order chi connectivity index (χ0) is 9.97. The molecule has 1 aromatic heterocycles. The maximum atomic E-state index is 13.2. The molecule has 2 aromatic rings. The number of hydrogen-bond acceptors (Lipinski definition) is 4. The smallest absolute Gasteiger partial charge is 0.199 e. The van der Waals surface area contributed by atoms with E-state index in [4.69, 9.17) is 5.73 Å². The maximum Gasteiger partial charge on any atom is 0.199 e. The van der Waals surface area contributed by atoms with Crippen molar-refractivity contribution in [3.63, 3.8) is 0 Å². The predicted octanol–water partition coefficient (Wildman–Crippen LogP) is 1.85. The molecule has 2 N–H and O–H groups in total. The van der Waals surface area contributed by atoms with Crippen LogP contribution in [0.3, 0.4) is 0 Å². The molecule has 2 rings (SSSR count). The molecule has 3 nitrogen and oxygen atoms in total. The van der Waals surface area contributed by atoms with Gasteiger partial charge in [-0.2, -0.15) is 4.37 Å². The van der Waals surface area contributed by atoms with Gasteiger partial charge in [0.2, 0.25) is 0 Å². The number of nitrogens with zero attached hydrogens (tertiary/aromatic N) is 2. The molecule has 14 heavy (non-hydrogen) atoms. The van der Waals surface area contributed by atoms with Gasteiger partial charge >= 0.3 is 0 Å². The van der Waals surface area contributed by atoms with Crippen LogP contribution in [0.1, 0.15) is 11.4 Å². The van der Waals surface area contributed by atoms with E-state index in [1.54, 1.807) is 18.2 Å². The summed E-state index contributed by atoms with van der Waals surface area (Å²) in [7, 11) is 0. The SMILES string of the molecule is Nc1nc(Cc2ccccc2F)ns1. The van der Waals surface area contributed by atoms with Gasteiger partial charge in [-0.15, -0.1) is 0 Å². The van der Waals surface area contributed by atoms with E-state index in [-0.39, 0.29) is 5.82 Å². The van der Waals surface area contributed by atoms with Crippen LogP contribution in [0.5, 0.6) is 0 Å². The number of nitrogens with two attached hydrogens (primary N) is 1. The number of aromatic nitrogens is 2. The van der Waals surface area contributed by atoms with Crippen LogP contribution in [-0.2, 0) is 6.42 Å². The quantitative estimate of drug-likeness (QED) is 0.821. The second kappa shape index (κ2) is 3.71. The number of hydrogen-bond donors (Lipinski definition) is 1. The molecule has 1 aromatic carbocycles. The van der Waals surface area contributed by atoms with E-state index in [2.05, 4.69) is 9.36 Å². The van der Waals surface area contributed by atoms with Crippen LogP contribution in [0, 0.1) is 5.82 Å². The molecule has 0 saturated heterocycles. The normalized spacial score (nSPS) is 10.4. The Kier molecular flexibility index (Phi) is 2.41. The highest BCUT2D eigenvalue weighted by atomic mass is 32.1. The lowest BCUT2D eigenvalue weighted by molar-refractivity contribution is 0.612. The van der Waals surface area contributed by atoms with Crippen molar-refractivity contribution in [2.45, 2.75) is 6.42 Å². The third-order valence-electron chi connectivity index (χ3n) is 1.79. The lowest BCUT2D eigenvalue weighted by atomic mass is 10.1. The molecule has 0 aliphatic heterocycles. The Balaban J connectivity index is 2.23. The molecule has 5 heteroatoms. The van der Waals surface area contributed by atoms with Gasteiger partial charge in [0.15, 0.2) is 5.13 Å². The number of rotatable bonds is 2. The van der Waals surface area contributed by atoms with Crippen molar-refractivity contribution < 1.29 is 4.39 Å². The lowest BCUT2D eigenvalue weighted by Gasteiger charge is -1.97. The number of benzene rings is 1. The second-order valence-corrected chi connectivity index (χ2v) is 3.60. The molecule has 0 bridgehead atoms. The summed E-state index contributed by atoms with van der Waals surface area (Å²) in [5, 5.41) is 0.413. The Morgan fingerprint density at radius 2 is 2.14 bits per heavy atom. The lowest BCUT2D eigenvalue weighted by Crippen LogP contribution is -1.94. The third-order valence-corrected chi connectivity index (χ3v) is 2.37. The zero-order valence-electron chi connectivity index (χ0n) is 7.27. The van der Waals surface area contributed by atoms with Crippen molar-refractivity contribution in [1.82, 2.24) is 9.36 Å². The summed E-state index contributed by atoms with van der Waals surface area (Å²) in [6, 6.07) is 6.58. The number of halogens is 1. The highest BCUT2D eigenvalue weighted by Crippen LogP contribution is 2.13. The van der Waals surface area contributed by atoms with E-state index < -0.39 is 0 Å². The van der Waals surface area contributed by atoms with Crippen molar-refractivity contribution in [2.24, 2.45) is 0 Å². The summed E-state index contributed by atoms with van der Waals surface area (Å²) >= 11 is 1.12. The maximum absolute atomic E-state index is 13.2. The van der Waals surface area contributed by atoms with Crippen LogP contribution in [-0.4, -0.2) is 9.36 Å². The van der Waals surface area contributed by atoms with Crippen LogP contribution < -0.4 is 5.73 Å². The fraction of sp³-hybridized carbons (Fsp3) is 0.111. The molecule has 72 valence electrons. The van der Waals surface area contributed by atoms with Crippen LogP contribution in [0.4, 0.5) is 9.52 Å². The van der Waals surface area contributed by atoms with Gasteiger partial charge in [-0.3, -0.25) is 0 Å². The molecular formula is C9H8FN3S. The zero-order valence-corrected chi connectivity index (χ0v) is 8.09. The summed E-state index contributed by atoms with van der Waals surface area (Å²) in [5.74, 6) is 0.332. The molecule has 0 aliphatic rings. The molecule has 0 unspecified atom stereocenters. The highest BCUT2D eigenvalue weighted by molar-refractivity contribution is 7.09. The molecular weight excluding hydrogens is 201 g/mol. The first-order chi connectivity index (χ1) is 6.75. The van der Waals surface area contributed by atoms with Crippen LogP contribution in [0.25, 0.3) is 0 Å². The molecule has 0 fully saturated rings. The topological polar surface area (TPSA) is 51.8 Å². The van der Waals surface area contributed by atoms with E-state index >= 15 is 0 Å². The van der Waals surface area contributed by atoms with E-state index in [1.807, 2.05) is 0 Å². The number of anilines is 1. The standard InChI is InChI=1S/C9H8FN3S/c10-7-4-2-1-3-6(7)5-8-12-9(11)14-13-8/h1-4H,5H2,(H2,11,12,13). The minimum absolute atomic E-state index is 0.235. The largest absolute Gasteiger partial charge is 0.374 e. The van der Waals surface area contributed by atoms with Gasteiger partial charge in [0.25, 0.3) is 0 Å². The first-order valence-electron chi connectivity index (χ1n) is 4.07. The molecule has 0 radical (unpaired) electrons. The van der Waals surface area contributed by atoms with Gasteiger partial charge in [-0.1, -0.05) is 18.2 Å². The average Bonchev–Trinajstić information content (AvgIpc) is 2.56. The molecule has 0 aliphatic carbocycles. The van der Waals surface area contributed by atoms with Crippen LogP contribution >= 0.6 is 11.5 Å². The molecule has 0 atom stereocenters. The van der Waals surface area contributed by atoms with Gasteiger partial charge in [-0.05, 0) is 11.6 Å². The minimum Gasteiger partial charge on any atom is -0.374 e. The predicted molar refractivity (Wildman–Crippen MR) is 53.5 cm³/mol. The van der Waals surface area contributed by atoms with Crippen LogP contribution in [0.2, 0.25) is 0 Å². The van der Waals surface area contributed by atoms with Crippen molar-refractivity contribution >= 4 is 16.7 Å². The Hall–Kier alpha value is -1.49. The number of nitrogen functional groups attached to an aromatic ring is 1. The van der Waals surface area contributed by atoms with E-state index in [9.17, 15) is 4.39 Å². The summed E-state index contributed by atoms with van der Waals surface area (Å²) in [4.78, 5) is 3.97. The first-order valence-corrected chi connectivity index (χ1v) is 4.84. The Bertz CT molecular complexity index is 441. The van der Waals surface area contributed by atoms with E-state index in [0.717, 1.165) is 11.5 Å². The minimum atomic E-state index is -0.235. The molecule has 0 saturated carbocycles. The van der Waals surface area contributed by atoms with Gasteiger partial charge < -0.3 is 5.73 Å². The third kappa shape index (κ3) is 1.88. The monoisotopic (exact) mass is 209 g/mol. The fourth-order valence-electron chi connectivity index (χ4n) is 1.15. The van der Waals surface area contributed by atoms with Gasteiger partial charge in [0, 0.05) is 18.0 Å². The Labute approximate surface area is 84.6 Å². The van der Waals surface area contributed by atoms with E-state index in [0.29, 0.717) is 22.9 Å². The molecule has 0 amide bonds. The molecule has 0 spiro atoms. The average molecular weight is 209 g/mol. The van der Waals surface area contributed by atoms with Crippen molar-refractivity contribution in [2.75, 3.05) is 5.73 Å². The van der Waals surface area contributed by atoms with Gasteiger partial charge in [-0.25, -0.2) is 9.37 Å². The van der Waals surface area contributed by atoms with Gasteiger partial charge in [0.05, 0.1) is 0 Å². The van der Waals surface area contributed by atoms with Crippen molar-refractivity contribution in [3.8, 4) is 0 Å². The van der Waals surface area contributed by atoms with Crippen LogP contribution in [0.15, 0.2) is 24.3 Å². The van der Waals surface area contributed by atoms with E-state index in [1.165, 1.54) is 6.07 Å². The Morgan fingerprint density at radius 3 is 2.79 bits per heavy atom. The van der Waals surface area contributed by atoms with Crippen molar-refractivity contribution in [1.29, 1.82) is 0 Å². The first kappa shape index (κ1) is 9.08. The second-order valence-electron chi connectivity index (χ2n) is 2.82. The summed E-state index contributed by atoms with van der Waals surface area (Å²) in [6.45, 7) is 0. The summed E-state index contributed by atoms with van der Waals surface area (Å²) in [5.41, 5.74) is 6.01. The Morgan fingerprint density at radius 1 is 1.36 bits per heavy atom. The molecule has 1 heterocycles. The summed E-state index contributed by atoms with van der Waals surface area (Å²) < 4.78 is 17.2. The fourth-order valence-corrected chi connectivity index (χ4v) is 1.60.